The van der Waals surface area contributed by atoms with Crippen molar-refractivity contribution in [2.75, 3.05) is 26.3 Å². The highest BCUT2D eigenvalue weighted by Crippen LogP contribution is 2.18. The molecule has 0 aliphatic carbocycles. The summed E-state index contributed by atoms with van der Waals surface area (Å²) in [4.78, 5) is 39.3. The third kappa shape index (κ3) is 9.84. The van der Waals surface area contributed by atoms with Crippen LogP contribution in [0.15, 0.2) is 24.3 Å². The van der Waals surface area contributed by atoms with Gasteiger partial charge >= 0.3 is 5.97 Å². The number of ether oxygens (including phenoxy) is 2. The summed E-state index contributed by atoms with van der Waals surface area (Å²) in [6.07, 6.45) is 9.13. The van der Waals surface area contributed by atoms with Gasteiger partial charge in [-0.05, 0) is 37.7 Å². The molecule has 0 bridgehead atoms. The van der Waals surface area contributed by atoms with Gasteiger partial charge in [0, 0.05) is 13.1 Å². The average molecular weight is 506 g/mol. The number of rotatable bonds is 14. The summed E-state index contributed by atoms with van der Waals surface area (Å²) < 4.78 is 10.9. The molecule has 0 saturated carbocycles. The molecule has 1 aromatic rings. The predicted octanol–water partition coefficient (Wildman–Crippen LogP) is 3.97. The quantitative estimate of drug-likeness (QED) is 0.224. The van der Waals surface area contributed by atoms with Gasteiger partial charge in [0.15, 0.2) is 5.11 Å². The largest absolute Gasteiger partial charge is 0.493 e. The van der Waals surface area contributed by atoms with E-state index in [1.54, 1.807) is 29.2 Å². The van der Waals surface area contributed by atoms with Crippen LogP contribution in [-0.4, -0.2) is 60.1 Å². The van der Waals surface area contributed by atoms with E-state index in [0.717, 1.165) is 19.3 Å². The maximum Gasteiger partial charge on any atom is 0.308 e. The molecule has 1 aliphatic rings. The molecule has 35 heavy (non-hydrogen) atoms. The lowest BCUT2D eigenvalue weighted by Gasteiger charge is -2.36. The van der Waals surface area contributed by atoms with Crippen molar-refractivity contribution >= 4 is 35.1 Å². The minimum Gasteiger partial charge on any atom is -0.493 e. The SMILES string of the molecule is CCCCCCCCCCOC(=O)CC1C(=O)NCCN1C(=S)NC(=O)c1ccccc1OCC. The Hall–Kier alpha value is -2.68. The van der Waals surface area contributed by atoms with E-state index in [-0.39, 0.29) is 17.4 Å². The van der Waals surface area contributed by atoms with Crippen molar-refractivity contribution in [1.29, 1.82) is 0 Å². The molecule has 1 aliphatic heterocycles. The molecule has 1 heterocycles. The Kier molecular flexibility index (Phi) is 13.1. The second-order valence-corrected chi connectivity index (χ2v) is 8.97. The third-order valence-electron chi connectivity index (χ3n) is 5.86. The van der Waals surface area contributed by atoms with Gasteiger partial charge < -0.3 is 19.7 Å². The number of nitrogens with zero attached hydrogens (tertiary/aromatic N) is 1. The van der Waals surface area contributed by atoms with Gasteiger partial charge in [0.05, 0.1) is 25.2 Å². The number of piperazine rings is 1. The third-order valence-corrected chi connectivity index (χ3v) is 6.20. The predicted molar refractivity (Wildman–Crippen MR) is 139 cm³/mol. The van der Waals surface area contributed by atoms with Crippen LogP contribution in [0.5, 0.6) is 5.75 Å². The molecule has 0 aromatic heterocycles. The first kappa shape index (κ1) is 28.6. The number of para-hydroxylation sites is 1. The van der Waals surface area contributed by atoms with E-state index in [2.05, 4.69) is 17.6 Å². The van der Waals surface area contributed by atoms with Crippen molar-refractivity contribution < 1.29 is 23.9 Å². The molecule has 9 heteroatoms. The maximum atomic E-state index is 12.8. The Labute approximate surface area is 214 Å². The van der Waals surface area contributed by atoms with Crippen LogP contribution in [0, 0.1) is 0 Å². The van der Waals surface area contributed by atoms with Crippen molar-refractivity contribution in [3.8, 4) is 5.75 Å². The zero-order valence-electron chi connectivity index (χ0n) is 21.0. The first-order valence-corrected chi connectivity index (χ1v) is 13.2. The fourth-order valence-corrected chi connectivity index (χ4v) is 4.28. The Balaban J connectivity index is 1.83. The van der Waals surface area contributed by atoms with Gasteiger partial charge in [-0.25, -0.2) is 0 Å². The van der Waals surface area contributed by atoms with Gasteiger partial charge in [-0.3, -0.25) is 19.7 Å². The minimum atomic E-state index is -0.829. The summed E-state index contributed by atoms with van der Waals surface area (Å²) in [5.41, 5.74) is 0.347. The molecule has 1 atom stereocenters. The number of unbranched alkanes of at least 4 members (excludes halogenated alkanes) is 7. The lowest BCUT2D eigenvalue weighted by Crippen LogP contribution is -2.60. The van der Waals surface area contributed by atoms with Gasteiger partial charge in [-0.15, -0.1) is 0 Å². The molecule has 2 amide bonds. The number of hydrogen-bond acceptors (Lipinski definition) is 6. The van der Waals surface area contributed by atoms with Gasteiger partial charge in [-0.2, -0.15) is 0 Å². The van der Waals surface area contributed by atoms with E-state index in [0.29, 0.717) is 37.6 Å². The molecular formula is C26H39N3O5S. The fourth-order valence-electron chi connectivity index (χ4n) is 3.97. The van der Waals surface area contributed by atoms with E-state index in [9.17, 15) is 14.4 Å². The standard InChI is InChI=1S/C26H39N3O5S/c1-3-5-6-7-8-9-10-13-18-34-23(30)19-21-25(32)27-16-17-29(21)26(35)28-24(31)20-14-11-12-15-22(20)33-4-2/h11-12,14-15,21H,3-10,13,16-19H2,1-2H3,(H,27,32)(H,28,31,35). The summed E-state index contributed by atoms with van der Waals surface area (Å²) in [6, 6.07) is 6.04. The van der Waals surface area contributed by atoms with E-state index in [4.69, 9.17) is 21.7 Å². The summed E-state index contributed by atoms with van der Waals surface area (Å²) in [6.45, 7) is 5.56. The summed E-state index contributed by atoms with van der Waals surface area (Å²) in [5.74, 6) is -0.740. The van der Waals surface area contributed by atoms with Crippen LogP contribution in [0.25, 0.3) is 0 Å². The number of hydrogen-bond donors (Lipinski definition) is 2. The van der Waals surface area contributed by atoms with Crippen molar-refractivity contribution in [3.05, 3.63) is 29.8 Å². The highest BCUT2D eigenvalue weighted by atomic mass is 32.1. The molecule has 0 radical (unpaired) electrons. The number of thiocarbonyl (C=S) groups is 1. The van der Waals surface area contributed by atoms with E-state index in [1.807, 2.05) is 6.92 Å². The molecule has 1 fully saturated rings. The summed E-state index contributed by atoms with van der Waals surface area (Å²) >= 11 is 5.44. The van der Waals surface area contributed by atoms with Crippen LogP contribution < -0.4 is 15.4 Å². The normalized spacial score (nSPS) is 15.3. The molecular weight excluding hydrogens is 466 g/mol. The number of amides is 2. The first-order chi connectivity index (χ1) is 17.0. The zero-order chi connectivity index (χ0) is 25.5. The van der Waals surface area contributed by atoms with Crippen LogP contribution in [0.1, 0.15) is 82.0 Å². The average Bonchev–Trinajstić information content (AvgIpc) is 2.84. The molecule has 2 N–H and O–H groups in total. The topological polar surface area (TPSA) is 97.0 Å². The fraction of sp³-hybridized carbons (Fsp3) is 0.615. The second kappa shape index (κ2) is 16.1. The molecule has 194 valence electrons. The molecule has 2 rings (SSSR count). The highest BCUT2D eigenvalue weighted by Gasteiger charge is 2.34. The van der Waals surface area contributed by atoms with E-state index in [1.165, 1.54) is 32.1 Å². The second-order valence-electron chi connectivity index (χ2n) is 8.59. The van der Waals surface area contributed by atoms with Crippen molar-refractivity contribution in [3.63, 3.8) is 0 Å². The van der Waals surface area contributed by atoms with Gasteiger partial charge in [0.25, 0.3) is 5.91 Å². The Bertz CT molecular complexity index is 848. The lowest BCUT2D eigenvalue weighted by molar-refractivity contribution is -0.147. The van der Waals surface area contributed by atoms with Gasteiger partial charge in [0.2, 0.25) is 5.91 Å². The van der Waals surface area contributed by atoms with Crippen LogP contribution in [0.2, 0.25) is 0 Å². The van der Waals surface area contributed by atoms with E-state index < -0.39 is 17.9 Å². The van der Waals surface area contributed by atoms with Crippen molar-refractivity contribution in [2.24, 2.45) is 0 Å². The lowest BCUT2D eigenvalue weighted by atomic mass is 10.1. The van der Waals surface area contributed by atoms with Crippen molar-refractivity contribution in [1.82, 2.24) is 15.5 Å². The van der Waals surface area contributed by atoms with E-state index >= 15 is 0 Å². The molecule has 1 saturated heterocycles. The Morgan fingerprint density at radius 3 is 2.49 bits per heavy atom. The first-order valence-electron chi connectivity index (χ1n) is 12.7. The van der Waals surface area contributed by atoms with Crippen LogP contribution in [0.3, 0.4) is 0 Å². The maximum absolute atomic E-state index is 12.8. The summed E-state index contributed by atoms with van der Waals surface area (Å²) in [5, 5.41) is 5.53. The smallest absolute Gasteiger partial charge is 0.308 e. The molecule has 1 aromatic carbocycles. The van der Waals surface area contributed by atoms with Gasteiger partial charge in [-0.1, -0.05) is 64.0 Å². The number of nitrogens with one attached hydrogen (secondary N) is 2. The highest BCUT2D eigenvalue weighted by molar-refractivity contribution is 7.80. The monoisotopic (exact) mass is 505 g/mol. The summed E-state index contributed by atoms with van der Waals surface area (Å²) in [7, 11) is 0. The van der Waals surface area contributed by atoms with Crippen molar-refractivity contribution in [2.45, 2.75) is 77.7 Å². The molecule has 0 spiro atoms. The zero-order valence-corrected chi connectivity index (χ0v) is 21.8. The molecule has 1 unspecified atom stereocenters. The number of carbonyl (C=O) groups excluding carboxylic acids is 3. The number of benzene rings is 1. The van der Waals surface area contributed by atoms with Gasteiger partial charge in [0.1, 0.15) is 11.8 Å². The Morgan fingerprint density at radius 1 is 1.09 bits per heavy atom. The van der Waals surface area contributed by atoms with Crippen LogP contribution in [0.4, 0.5) is 0 Å². The number of esters is 1. The Morgan fingerprint density at radius 2 is 1.77 bits per heavy atom. The number of carbonyl (C=O) groups is 3. The van der Waals surface area contributed by atoms with Crippen LogP contribution >= 0.6 is 12.2 Å². The molecule has 8 nitrogen and oxygen atoms in total. The van der Waals surface area contributed by atoms with Crippen LogP contribution in [-0.2, 0) is 14.3 Å². The minimum absolute atomic E-state index is 0.0945.